The number of hydrogen-bond donors (Lipinski definition) is 0. The molecule has 0 N–H and O–H groups in total. The van der Waals surface area contributed by atoms with Crippen LogP contribution in [0, 0.1) is 17.8 Å². The Kier molecular flexibility index (Phi) is 10.0. The van der Waals surface area contributed by atoms with Gasteiger partial charge in [0.15, 0.2) is 0 Å². The van der Waals surface area contributed by atoms with Crippen molar-refractivity contribution in [2.45, 2.75) is 91.7 Å². The number of hydrogen-bond acceptors (Lipinski definition) is 4. The van der Waals surface area contributed by atoms with E-state index < -0.39 is 12.1 Å². The van der Waals surface area contributed by atoms with Gasteiger partial charge in [0.05, 0.1) is 6.61 Å². The second-order valence-corrected chi connectivity index (χ2v) is 8.26. The summed E-state index contributed by atoms with van der Waals surface area (Å²) in [6.07, 6.45) is 6.92. The molecular weight excluding hydrogens is 330 g/mol. The van der Waals surface area contributed by atoms with Crippen LogP contribution >= 0.6 is 0 Å². The lowest BCUT2D eigenvalue weighted by Crippen LogP contribution is -2.45. The summed E-state index contributed by atoms with van der Waals surface area (Å²) >= 11 is 0. The average Bonchev–Trinajstić information content (AvgIpc) is 2.59. The molecule has 1 amide bonds. The van der Waals surface area contributed by atoms with Crippen molar-refractivity contribution in [2.75, 3.05) is 13.7 Å². The molecule has 152 valence electrons. The molecule has 4 atom stereocenters. The SMILES string of the molecule is CCCCCCOC(=O)C(C)N(C)C(=O)OC1CC(C)CCC1C(C)C. The van der Waals surface area contributed by atoms with Crippen molar-refractivity contribution in [3.63, 3.8) is 0 Å². The van der Waals surface area contributed by atoms with E-state index in [9.17, 15) is 9.59 Å². The molecule has 0 saturated heterocycles. The predicted octanol–water partition coefficient (Wildman–Crippen LogP) is 5.03. The van der Waals surface area contributed by atoms with E-state index in [1.165, 1.54) is 11.3 Å². The zero-order valence-corrected chi connectivity index (χ0v) is 17.6. The first-order valence-corrected chi connectivity index (χ1v) is 10.4. The van der Waals surface area contributed by atoms with Crippen LogP contribution in [0.4, 0.5) is 4.79 Å². The molecule has 1 rings (SSSR count). The highest BCUT2D eigenvalue weighted by Crippen LogP contribution is 2.35. The molecule has 1 fully saturated rings. The van der Waals surface area contributed by atoms with Crippen molar-refractivity contribution in [3.8, 4) is 0 Å². The molecule has 0 aliphatic heterocycles. The Labute approximate surface area is 159 Å². The van der Waals surface area contributed by atoms with Gasteiger partial charge in [0.1, 0.15) is 12.1 Å². The molecule has 5 nitrogen and oxygen atoms in total. The van der Waals surface area contributed by atoms with Gasteiger partial charge >= 0.3 is 12.1 Å². The van der Waals surface area contributed by atoms with Gasteiger partial charge in [-0.2, -0.15) is 0 Å². The highest BCUT2D eigenvalue weighted by Gasteiger charge is 2.35. The van der Waals surface area contributed by atoms with Gasteiger partial charge in [-0.3, -0.25) is 4.90 Å². The summed E-state index contributed by atoms with van der Waals surface area (Å²) < 4.78 is 11.1. The molecular formula is C21H39NO4. The van der Waals surface area contributed by atoms with Gasteiger partial charge < -0.3 is 9.47 Å². The zero-order chi connectivity index (χ0) is 19.7. The Morgan fingerprint density at radius 2 is 1.81 bits per heavy atom. The smallest absolute Gasteiger partial charge is 0.410 e. The van der Waals surface area contributed by atoms with Crippen molar-refractivity contribution in [2.24, 2.45) is 17.8 Å². The maximum Gasteiger partial charge on any atom is 0.410 e. The molecule has 1 aliphatic carbocycles. The van der Waals surface area contributed by atoms with Crippen molar-refractivity contribution < 1.29 is 19.1 Å². The minimum Gasteiger partial charge on any atom is -0.464 e. The Bertz CT molecular complexity index is 438. The molecule has 0 heterocycles. The summed E-state index contributed by atoms with van der Waals surface area (Å²) in [5.74, 6) is 1.08. The fraction of sp³-hybridized carbons (Fsp3) is 0.905. The highest BCUT2D eigenvalue weighted by molar-refractivity contribution is 5.80. The number of carbonyl (C=O) groups is 2. The number of likely N-dealkylation sites (N-methyl/N-ethyl adjacent to an activating group) is 1. The number of carbonyl (C=O) groups excluding carboxylic acids is 2. The number of ether oxygens (including phenoxy) is 2. The summed E-state index contributed by atoms with van der Waals surface area (Å²) in [7, 11) is 1.61. The topological polar surface area (TPSA) is 55.8 Å². The van der Waals surface area contributed by atoms with E-state index in [1.807, 2.05) is 0 Å². The molecule has 5 heteroatoms. The van der Waals surface area contributed by atoms with Crippen molar-refractivity contribution in [1.82, 2.24) is 4.90 Å². The lowest BCUT2D eigenvalue weighted by Gasteiger charge is -2.37. The van der Waals surface area contributed by atoms with Crippen molar-refractivity contribution in [3.05, 3.63) is 0 Å². The summed E-state index contributed by atoms with van der Waals surface area (Å²) in [4.78, 5) is 26.1. The van der Waals surface area contributed by atoms with E-state index in [1.54, 1.807) is 14.0 Å². The molecule has 4 unspecified atom stereocenters. The van der Waals surface area contributed by atoms with Gasteiger partial charge in [-0.05, 0) is 43.9 Å². The lowest BCUT2D eigenvalue weighted by molar-refractivity contribution is -0.148. The highest BCUT2D eigenvalue weighted by atomic mass is 16.6. The number of amides is 1. The summed E-state index contributed by atoms with van der Waals surface area (Å²) in [6.45, 7) is 10.8. The quantitative estimate of drug-likeness (QED) is 0.422. The standard InChI is InChI=1S/C21H39NO4/c1-7-8-9-10-13-25-20(23)17(5)22(6)21(24)26-19-14-16(4)11-12-18(19)15(2)3/h15-19H,7-14H2,1-6H3. The minimum absolute atomic E-state index is 0.0639. The molecule has 0 spiro atoms. The van der Waals surface area contributed by atoms with E-state index in [0.717, 1.165) is 38.5 Å². The third kappa shape index (κ3) is 7.16. The second-order valence-electron chi connectivity index (χ2n) is 8.26. The molecule has 1 saturated carbocycles. The summed E-state index contributed by atoms with van der Waals surface area (Å²) in [5.41, 5.74) is 0. The first-order chi connectivity index (χ1) is 12.3. The van der Waals surface area contributed by atoms with E-state index in [0.29, 0.717) is 24.4 Å². The van der Waals surface area contributed by atoms with Crippen LogP contribution in [-0.4, -0.2) is 42.8 Å². The maximum atomic E-state index is 12.5. The van der Waals surface area contributed by atoms with Crippen molar-refractivity contribution in [1.29, 1.82) is 0 Å². The van der Waals surface area contributed by atoms with Crippen LogP contribution < -0.4 is 0 Å². The molecule has 0 aromatic carbocycles. The Morgan fingerprint density at radius 1 is 1.12 bits per heavy atom. The number of nitrogens with zero attached hydrogens (tertiary/aromatic N) is 1. The van der Waals surface area contributed by atoms with E-state index >= 15 is 0 Å². The molecule has 0 aromatic rings. The Balaban J connectivity index is 2.49. The minimum atomic E-state index is -0.632. The van der Waals surface area contributed by atoms with Crippen LogP contribution in [0.5, 0.6) is 0 Å². The van der Waals surface area contributed by atoms with Crippen LogP contribution in [0.15, 0.2) is 0 Å². The fourth-order valence-electron chi connectivity index (χ4n) is 3.60. The van der Waals surface area contributed by atoms with Gasteiger partial charge in [0.2, 0.25) is 0 Å². The van der Waals surface area contributed by atoms with Crippen LogP contribution in [0.25, 0.3) is 0 Å². The normalized spacial score (nSPS) is 24.2. The van der Waals surface area contributed by atoms with Crippen LogP contribution in [-0.2, 0) is 14.3 Å². The largest absolute Gasteiger partial charge is 0.464 e. The van der Waals surface area contributed by atoms with Gasteiger partial charge in [0, 0.05) is 7.05 Å². The number of unbranched alkanes of at least 4 members (excludes halogenated alkanes) is 3. The Morgan fingerprint density at radius 3 is 2.42 bits per heavy atom. The van der Waals surface area contributed by atoms with Crippen LogP contribution in [0.1, 0.15) is 79.6 Å². The van der Waals surface area contributed by atoms with Crippen LogP contribution in [0.3, 0.4) is 0 Å². The number of rotatable bonds is 9. The molecule has 0 bridgehead atoms. The van der Waals surface area contributed by atoms with Gasteiger partial charge in [-0.1, -0.05) is 53.4 Å². The van der Waals surface area contributed by atoms with E-state index in [4.69, 9.17) is 9.47 Å². The first kappa shape index (κ1) is 22.8. The molecule has 0 aromatic heterocycles. The zero-order valence-electron chi connectivity index (χ0n) is 17.6. The van der Waals surface area contributed by atoms with Gasteiger partial charge in [-0.25, -0.2) is 9.59 Å². The van der Waals surface area contributed by atoms with E-state index in [2.05, 4.69) is 27.7 Å². The monoisotopic (exact) mass is 369 g/mol. The second kappa shape index (κ2) is 11.5. The number of esters is 1. The maximum absolute atomic E-state index is 12.5. The molecule has 1 aliphatic rings. The summed E-state index contributed by atoms with van der Waals surface area (Å²) in [6, 6.07) is -0.632. The molecule has 0 radical (unpaired) electrons. The van der Waals surface area contributed by atoms with Crippen molar-refractivity contribution >= 4 is 12.1 Å². The average molecular weight is 370 g/mol. The van der Waals surface area contributed by atoms with Crippen LogP contribution in [0.2, 0.25) is 0 Å². The van der Waals surface area contributed by atoms with Gasteiger partial charge in [0.25, 0.3) is 0 Å². The lowest BCUT2D eigenvalue weighted by atomic mass is 9.75. The van der Waals surface area contributed by atoms with Gasteiger partial charge in [-0.15, -0.1) is 0 Å². The first-order valence-electron chi connectivity index (χ1n) is 10.4. The molecule has 26 heavy (non-hydrogen) atoms. The Hall–Kier alpha value is -1.26. The van der Waals surface area contributed by atoms with E-state index in [-0.39, 0.29) is 12.1 Å². The summed E-state index contributed by atoms with van der Waals surface area (Å²) in [5, 5.41) is 0. The predicted molar refractivity (Wildman–Crippen MR) is 104 cm³/mol. The third-order valence-electron chi connectivity index (χ3n) is 5.67. The third-order valence-corrected chi connectivity index (χ3v) is 5.67. The fourth-order valence-corrected chi connectivity index (χ4v) is 3.60.